The Bertz CT molecular complexity index is 733. The molecular formula is C19H21NO4S. The third kappa shape index (κ3) is 5.26. The zero-order chi connectivity index (χ0) is 18.2. The first-order valence-electron chi connectivity index (χ1n) is 7.79. The standard InChI is InChI=1S/C19H21NO4S/c1-13(25-15-7-5-4-6-8-15)18(21)20-12-14-9-10-17(23-2)16(11-14)19(22)24-3/h4-11,13H,12H2,1-3H3,(H,20,21)/t13-/m0/s1. The highest BCUT2D eigenvalue weighted by molar-refractivity contribution is 8.00. The molecule has 0 radical (unpaired) electrons. The van der Waals surface area contributed by atoms with Gasteiger partial charge in [-0.2, -0.15) is 0 Å². The maximum Gasteiger partial charge on any atom is 0.341 e. The summed E-state index contributed by atoms with van der Waals surface area (Å²) < 4.78 is 9.92. The first-order valence-corrected chi connectivity index (χ1v) is 8.67. The normalized spacial score (nSPS) is 11.5. The molecule has 25 heavy (non-hydrogen) atoms. The molecule has 0 saturated carbocycles. The SMILES string of the molecule is COC(=O)c1cc(CNC(=O)[C@H](C)Sc2ccccc2)ccc1OC. The third-order valence-electron chi connectivity index (χ3n) is 3.56. The molecule has 1 N–H and O–H groups in total. The highest BCUT2D eigenvalue weighted by atomic mass is 32.2. The van der Waals surface area contributed by atoms with Crippen LogP contribution >= 0.6 is 11.8 Å². The van der Waals surface area contributed by atoms with E-state index in [0.29, 0.717) is 17.9 Å². The van der Waals surface area contributed by atoms with Gasteiger partial charge in [-0.1, -0.05) is 24.3 Å². The van der Waals surface area contributed by atoms with E-state index in [0.717, 1.165) is 10.5 Å². The molecule has 2 aromatic carbocycles. The molecule has 0 bridgehead atoms. The fraction of sp³-hybridized carbons (Fsp3) is 0.263. The maximum atomic E-state index is 12.3. The van der Waals surface area contributed by atoms with Crippen LogP contribution in [0.15, 0.2) is 53.4 Å². The predicted octanol–water partition coefficient (Wildman–Crippen LogP) is 3.28. The molecule has 5 nitrogen and oxygen atoms in total. The fourth-order valence-electron chi connectivity index (χ4n) is 2.22. The number of methoxy groups -OCH3 is 2. The second-order valence-corrected chi connectivity index (χ2v) is 6.73. The summed E-state index contributed by atoms with van der Waals surface area (Å²) in [7, 11) is 2.81. The number of amides is 1. The van der Waals surface area contributed by atoms with Crippen LogP contribution in [0.3, 0.4) is 0 Å². The zero-order valence-corrected chi connectivity index (χ0v) is 15.3. The lowest BCUT2D eigenvalue weighted by Gasteiger charge is -2.13. The molecule has 0 aliphatic carbocycles. The van der Waals surface area contributed by atoms with E-state index in [-0.39, 0.29) is 11.2 Å². The van der Waals surface area contributed by atoms with Crippen LogP contribution in [0.2, 0.25) is 0 Å². The van der Waals surface area contributed by atoms with Gasteiger partial charge in [0, 0.05) is 11.4 Å². The van der Waals surface area contributed by atoms with Gasteiger partial charge in [-0.25, -0.2) is 4.79 Å². The molecule has 2 aromatic rings. The molecule has 132 valence electrons. The Kier molecular flexibility index (Phi) is 6.89. The zero-order valence-electron chi connectivity index (χ0n) is 14.4. The summed E-state index contributed by atoms with van der Waals surface area (Å²) in [6.45, 7) is 2.19. The highest BCUT2D eigenvalue weighted by Gasteiger charge is 2.16. The van der Waals surface area contributed by atoms with E-state index >= 15 is 0 Å². The second kappa shape index (κ2) is 9.13. The highest BCUT2D eigenvalue weighted by Crippen LogP contribution is 2.23. The van der Waals surface area contributed by atoms with E-state index < -0.39 is 5.97 Å². The fourth-order valence-corrected chi connectivity index (χ4v) is 3.14. The smallest absolute Gasteiger partial charge is 0.341 e. The molecule has 0 aliphatic rings. The average Bonchev–Trinajstić information content (AvgIpc) is 2.65. The van der Waals surface area contributed by atoms with Gasteiger partial charge in [-0.3, -0.25) is 4.79 Å². The molecule has 1 atom stereocenters. The van der Waals surface area contributed by atoms with Gasteiger partial charge in [0.05, 0.1) is 19.5 Å². The first kappa shape index (κ1) is 18.9. The van der Waals surface area contributed by atoms with Gasteiger partial charge in [0.2, 0.25) is 5.91 Å². The molecule has 6 heteroatoms. The number of hydrogen-bond acceptors (Lipinski definition) is 5. The summed E-state index contributed by atoms with van der Waals surface area (Å²) in [5, 5.41) is 2.67. The van der Waals surface area contributed by atoms with Gasteiger partial charge in [0.25, 0.3) is 0 Å². The second-order valence-electron chi connectivity index (χ2n) is 5.32. The van der Waals surface area contributed by atoms with Crippen molar-refractivity contribution in [2.45, 2.75) is 23.6 Å². The molecule has 0 spiro atoms. The minimum Gasteiger partial charge on any atom is -0.496 e. The average molecular weight is 359 g/mol. The van der Waals surface area contributed by atoms with Crippen LogP contribution in [-0.2, 0) is 16.1 Å². The molecule has 0 aliphatic heterocycles. The minimum absolute atomic E-state index is 0.0655. The maximum absolute atomic E-state index is 12.3. The largest absolute Gasteiger partial charge is 0.496 e. The number of carbonyl (C=O) groups is 2. The summed E-state index contributed by atoms with van der Waals surface area (Å²) in [5.74, 6) is -0.0998. The number of hydrogen-bond donors (Lipinski definition) is 1. The van der Waals surface area contributed by atoms with Crippen molar-refractivity contribution in [1.82, 2.24) is 5.32 Å². The molecule has 1 amide bonds. The minimum atomic E-state index is -0.474. The lowest BCUT2D eigenvalue weighted by atomic mass is 10.1. The van der Waals surface area contributed by atoms with E-state index in [4.69, 9.17) is 9.47 Å². The summed E-state index contributed by atoms with van der Waals surface area (Å²) in [5.41, 5.74) is 1.13. The number of esters is 1. The van der Waals surface area contributed by atoms with Gasteiger partial charge < -0.3 is 14.8 Å². The molecule has 0 unspecified atom stereocenters. The van der Waals surface area contributed by atoms with Crippen molar-refractivity contribution < 1.29 is 19.1 Å². The van der Waals surface area contributed by atoms with Gasteiger partial charge in [0.15, 0.2) is 0 Å². The summed E-state index contributed by atoms with van der Waals surface area (Å²) in [6, 6.07) is 14.9. The van der Waals surface area contributed by atoms with Crippen LogP contribution in [0.25, 0.3) is 0 Å². The Balaban J connectivity index is 1.98. The summed E-state index contributed by atoms with van der Waals surface area (Å²) in [4.78, 5) is 25.1. The molecule has 0 saturated heterocycles. The van der Waals surface area contributed by atoms with Crippen molar-refractivity contribution in [2.24, 2.45) is 0 Å². The Labute approximate surface area is 151 Å². The molecule has 0 heterocycles. The van der Waals surface area contributed by atoms with Crippen molar-refractivity contribution >= 4 is 23.6 Å². The molecule has 0 aromatic heterocycles. The van der Waals surface area contributed by atoms with Crippen LogP contribution in [0, 0.1) is 0 Å². The Hall–Kier alpha value is -2.47. The topological polar surface area (TPSA) is 64.6 Å². The number of benzene rings is 2. The van der Waals surface area contributed by atoms with Crippen LogP contribution in [0.1, 0.15) is 22.8 Å². The molecular weight excluding hydrogens is 338 g/mol. The van der Waals surface area contributed by atoms with Crippen LogP contribution in [0.4, 0.5) is 0 Å². The number of thioether (sulfide) groups is 1. The van der Waals surface area contributed by atoms with Crippen LogP contribution in [0.5, 0.6) is 5.75 Å². The van der Waals surface area contributed by atoms with E-state index in [9.17, 15) is 9.59 Å². The van der Waals surface area contributed by atoms with Crippen LogP contribution in [-0.4, -0.2) is 31.3 Å². The quantitative estimate of drug-likeness (QED) is 0.607. The van der Waals surface area contributed by atoms with E-state index in [2.05, 4.69) is 5.32 Å². The van der Waals surface area contributed by atoms with Gasteiger partial charge in [-0.05, 0) is 36.8 Å². The van der Waals surface area contributed by atoms with Crippen molar-refractivity contribution in [3.63, 3.8) is 0 Å². The lowest BCUT2D eigenvalue weighted by Crippen LogP contribution is -2.30. The van der Waals surface area contributed by atoms with Crippen molar-refractivity contribution in [3.8, 4) is 5.75 Å². The van der Waals surface area contributed by atoms with Gasteiger partial charge in [-0.15, -0.1) is 11.8 Å². The first-order chi connectivity index (χ1) is 12.0. The summed E-state index contributed by atoms with van der Waals surface area (Å²) in [6.07, 6.45) is 0. The lowest BCUT2D eigenvalue weighted by molar-refractivity contribution is -0.120. The number of nitrogens with one attached hydrogen (secondary N) is 1. The Morgan fingerprint density at radius 2 is 1.84 bits per heavy atom. The third-order valence-corrected chi connectivity index (χ3v) is 4.67. The van der Waals surface area contributed by atoms with Gasteiger partial charge >= 0.3 is 5.97 Å². The molecule has 2 rings (SSSR count). The van der Waals surface area contributed by atoms with E-state index in [1.165, 1.54) is 26.0 Å². The van der Waals surface area contributed by atoms with Crippen molar-refractivity contribution in [1.29, 1.82) is 0 Å². The van der Waals surface area contributed by atoms with E-state index in [1.54, 1.807) is 18.2 Å². The van der Waals surface area contributed by atoms with Crippen molar-refractivity contribution in [2.75, 3.05) is 14.2 Å². The molecule has 0 fully saturated rings. The monoisotopic (exact) mass is 359 g/mol. The van der Waals surface area contributed by atoms with E-state index in [1.807, 2.05) is 37.3 Å². The predicted molar refractivity (Wildman–Crippen MR) is 97.9 cm³/mol. The van der Waals surface area contributed by atoms with Crippen molar-refractivity contribution in [3.05, 3.63) is 59.7 Å². The summed E-state index contributed by atoms with van der Waals surface area (Å²) >= 11 is 1.50. The number of rotatable bonds is 7. The Morgan fingerprint density at radius 1 is 1.12 bits per heavy atom. The number of carbonyl (C=O) groups excluding carboxylic acids is 2. The van der Waals surface area contributed by atoms with Crippen LogP contribution < -0.4 is 10.1 Å². The van der Waals surface area contributed by atoms with Gasteiger partial charge in [0.1, 0.15) is 11.3 Å². The number of ether oxygens (including phenoxy) is 2. The Morgan fingerprint density at radius 3 is 2.48 bits per heavy atom.